The number of hydrogen-bond acceptors (Lipinski definition) is 4. The molecular weight excluding hydrogens is 330 g/mol. The first-order valence-electron chi connectivity index (χ1n) is 9.90. The number of likely N-dealkylation sites (N-methyl/N-ethyl adjacent to an activating group) is 1. The number of carbonyl (C=O) groups excluding carboxylic acids is 2. The Kier molecular flexibility index (Phi) is 8.09. The van der Waals surface area contributed by atoms with E-state index < -0.39 is 0 Å². The Morgan fingerprint density at radius 3 is 2.77 bits per heavy atom. The first-order valence-corrected chi connectivity index (χ1v) is 9.90. The summed E-state index contributed by atoms with van der Waals surface area (Å²) in [6.07, 6.45) is 6.70. The van der Waals surface area contributed by atoms with Crippen LogP contribution >= 0.6 is 0 Å². The normalized spacial score (nSPS) is 17.5. The van der Waals surface area contributed by atoms with Crippen LogP contribution in [0.15, 0.2) is 12.4 Å². The topological polar surface area (TPSA) is 70.5 Å². The molecule has 1 aromatic heterocycles. The molecule has 0 bridgehead atoms. The summed E-state index contributed by atoms with van der Waals surface area (Å²) in [6, 6.07) is 0. The van der Waals surface area contributed by atoms with E-state index in [1.54, 1.807) is 6.20 Å². The van der Waals surface area contributed by atoms with E-state index >= 15 is 0 Å². The molecule has 2 amide bonds. The van der Waals surface area contributed by atoms with Gasteiger partial charge in [-0.1, -0.05) is 20.8 Å². The number of likely N-dealkylation sites (tertiary alicyclic amines) is 1. The Hall–Kier alpha value is -1.89. The van der Waals surface area contributed by atoms with Gasteiger partial charge in [0.2, 0.25) is 11.8 Å². The SMILES string of the molecule is CCCC(=O)N1CCCC(C(=O)Nc2cnn(CCN(CC)CC)c2)C1. The largest absolute Gasteiger partial charge is 0.342 e. The van der Waals surface area contributed by atoms with Gasteiger partial charge in [0.05, 0.1) is 24.3 Å². The summed E-state index contributed by atoms with van der Waals surface area (Å²) in [5.74, 6) is 0.0140. The molecule has 146 valence electrons. The molecule has 26 heavy (non-hydrogen) atoms. The van der Waals surface area contributed by atoms with Crippen molar-refractivity contribution in [2.24, 2.45) is 5.92 Å². The molecule has 7 heteroatoms. The maximum absolute atomic E-state index is 12.6. The number of anilines is 1. The number of piperidine rings is 1. The standard InChI is InChI=1S/C19H33N5O2/c1-4-8-18(25)23-10-7-9-16(14-23)19(26)21-17-13-20-24(15-17)12-11-22(5-2)6-3/h13,15-16H,4-12,14H2,1-3H3,(H,21,26). The lowest BCUT2D eigenvalue weighted by Gasteiger charge is -2.32. The predicted molar refractivity (Wildman–Crippen MR) is 103 cm³/mol. The quantitative estimate of drug-likeness (QED) is 0.730. The smallest absolute Gasteiger partial charge is 0.229 e. The predicted octanol–water partition coefficient (Wildman–Crippen LogP) is 2.20. The van der Waals surface area contributed by atoms with Gasteiger partial charge in [0.25, 0.3) is 0 Å². The van der Waals surface area contributed by atoms with Crippen LogP contribution in [0.5, 0.6) is 0 Å². The van der Waals surface area contributed by atoms with Crippen molar-refractivity contribution in [1.29, 1.82) is 0 Å². The molecule has 2 heterocycles. The zero-order valence-electron chi connectivity index (χ0n) is 16.4. The summed E-state index contributed by atoms with van der Waals surface area (Å²) in [5, 5.41) is 7.30. The number of nitrogens with one attached hydrogen (secondary N) is 1. The fourth-order valence-corrected chi connectivity index (χ4v) is 3.37. The molecule has 1 N–H and O–H groups in total. The summed E-state index contributed by atoms with van der Waals surface area (Å²) in [7, 11) is 0. The van der Waals surface area contributed by atoms with Crippen molar-refractivity contribution in [1.82, 2.24) is 19.6 Å². The van der Waals surface area contributed by atoms with Gasteiger partial charge in [-0.2, -0.15) is 5.10 Å². The van der Waals surface area contributed by atoms with Crippen LogP contribution in [0.3, 0.4) is 0 Å². The molecule has 1 aliphatic rings. The highest BCUT2D eigenvalue weighted by Gasteiger charge is 2.28. The second-order valence-corrected chi connectivity index (χ2v) is 6.94. The highest BCUT2D eigenvalue weighted by atomic mass is 16.2. The van der Waals surface area contributed by atoms with Crippen LogP contribution in [0, 0.1) is 5.92 Å². The number of carbonyl (C=O) groups is 2. The van der Waals surface area contributed by atoms with Gasteiger partial charge in [0, 0.05) is 32.3 Å². The van der Waals surface area contributed by atoms with Gasteiger partial charge in [0.15, 0.2) is 0 Å². The van der Waals surface area contributed by atoms with E-state index in [4.69, 9.17) is 0 Å². The highest BCUT2D eigenvalue weighted by molar-refractivity contribution is 5.93. The van der Waals surface area contributed by atoms with Crippen LogP contribution in [-0.2, 0) is 16.1 Å². The maximum atomic E-state index is 12.6. The van der Waals surface area contributed by atoms with E-state index in [9.17, 15) is 9.59 Å². The Balaban J connectivity index is 1.84. The summed E-state index contributed by atoms with van der Waals surface area (Å²) < 4.78 is 1.87. The molecule has 0 spiro atoms. The molecule has 2 rings (SSSR count). The van der Waals surface area contributed by atoms with Crippen molar-refractivity contribution in [2.45, 2.75) is 53.0 Å². The van der Waals surface area contributed by atoms with Crippen LogP contribution in [0.25, 0.3) is 0 Å². The molecule has 0 radical (unpaired) electrons. The van der Waals surface area contributed by atoms with Crippen molar-refractivity contribution in [3.63, 3.8) is 0 Å². The van der Waals surface area contributed by atoms with Crippen molar-refractivity contribution >= 4 is 17.5 Å². The first kappa shape index (κ1) is 20.4. The van der Waals surface area contributed by atoms with Crippen LogP contribution < -0.4 is 5.32 Å². The van der Waals surface area contributed by atoms with Gasteiger partial charge in [-0.25, -0.2) is 0 Å². The molecule has 1 unspecified atom stereocenters. The third-order valence-electron chi connectivity index (χ3n) is 5.05. The van der Waals surface area contributed by atoms with Gasteiger partial charge in [-0.05, 0) is 32.4 Å². The Morgan fingerprint density at radius 1 is 1.31 bits per heavy atom. The zero-order chi connectivity index (χ0) is 18.9. The zero-order valence-corrected chi connectivity index (χ0v) is 16.4. The molecule has 1 aliphatic heterocycles. The molecule has 1 saturated heterocycles. The minimum Gasteiger partial charge on any atom is -0.342 e. The lowest BCUT2D eigenvalue weighted by molar-refractivity contribution is -0.134. The minimum atomic E-state index is -0.136. The van der Waals surface area contributed by atoms with Crippen molar-refractivity contribution < 1.29 is 9.59 Å². The molecule has 0 aromatic carbocycles. The summed E-state index contributed by atoms with van der Waals surface area (Å²) in [6.45, 7) is 11.4. The maximum Gasteiger partial charge on any atom is 0.229 e. The van der Waals surface area contributed by atoms with Gasteiger partial charge < -0.3 is 15.1 Å². The summed E-state index contributed by atoms with van der Waals surface area (Å²) in [4.78, 5) is 28.8. The Labute approximate surface area is 156 Å². The van der Waals surface area contributed by atoms with Gasteiger partial charge in [0.1, 0.15) is 0 Å². The monoisotopic (exact) mass is 363 g/mol. The second-order valence-electron chi connectivity index (χ2n) is 6.94. The van der Waals surface area contributed by atoms with E-state index in [1.807, 2.05) is 22.7 Å². The number of hydrogen-bond donors (Lipinski definition) is 1. The fraction of sp³-hybridized carbons (Fsp3) is 0.737. The third kappa shape index (κ3) is 5.83. The number of amides is 2. The lowest BCUT2D eigenvalue weighted by Crippen LogP contribution is -2.43. The fourth-order valence-electron chi connectivity index (χ4n) is 3.37. The van der Waals surface area contributed by atoms with Crippen LogP contribution in [0.1, 0.15) is 46.5 Å². The first-order chi connectivity index (χ1) is 12.6. The molecule has 0 saturated carbocycles. The molecule has 7 nitrogen and oxygen atoms in total. The molecule has 1 aromatic rings. The van der Waals surface area contributed by atoms with Crippen molar-refractivity contribution in [2.75, 3.05) is 38.0 Å². The van der Waals surface area contributed by atoms with Crippen LogP contribution in [-0.4, -0.2) is 64.1 Å². The van der Waals surface area contributed by atoms with Crippen LogP contribution in [0.4, 0.5) is 5.69 Å². The average molecular weight is 364 g/mol. The van der Waals surface area contributed by atoms with Gasteiger partial charge >= 0.3 is 0 Å². The third-order valence-corrected chi connectivity index (χ3v) is 5.05. The van der Waals surface area contributed by atoms with E-state index in [1.165, 1.54) is 0 Å². The average Bonchev–Trinajstić information content (AvgIpc) is 3.10. The van der Waals surface area contributed by atoms with E-state index in [0.717, 1.165) is 57.7 Å². The summed E-state index contributed by atoms with van der Waals surface area (Å²) >= 11 is 0. The van der Waals surface area contributed by atoms with E-state index in [2.05, 4.69) is 29.2 Å². The number of rotatable bonds is 9. The number of nitrogens with zero attached hydrogens (tertiary/aromatic N) is 4. The minimum absolute atomic E-state index is 0.0118. The Bertz CT molecular complexity index is 582. The lowest BCUT2D eigenvalue weighted by atomic mass is 9.96. The highest BCUT2D eigenvalue weighted by Crippen LogP contribution is 2.19. The second kappa shape index (κ2) is 10.3. The van der Waals surface area contributed by atoms with Gasteiger partial charge in [-0.15, -0.1) is 0 Å². The summed E-state index contributed by atoms with van der Waals surface area (Å²) in [5.41, 5.74) is 0.728. The Morgan fingerprint density at radius 2 is 2.08 bits per heavy atom. The van der Waals surface area contributed by atoms with Crippen molar-refractivity contribution in [3.8, 4) is 0 Å². The van der Waals surface area contributed by atoms with Crippen molar-refractivity contribution in [3.05, 3.63) is 12.4 Å². The van der Waals surface area contributed by atoms with E-state index in [0.29, 0.717) is 13.0 Å². The van der Waals surface area contributed by atoms with Gasteiger partial charge in [-0.3, -0.25) is 14.3 Å². The van der Waals surface area contributed by atoms with Crippen LogP contribution in [0.2, 0.25) is 0 Å². The molecular formula is C19H33N5O2. The molecule has 1 atom stereocenters. The number of aromatic nitrogens is 2. The molecule has 1 fully saturated rings. The molecule has 0 aliphatic carbocycles. The van der Waals surface area contributed by atoms with E-state index in [-0.39, 0.29) is 17.7 Å².